The number of hydrogen-bond donors (Lipinski definition) is 3. The van der Waals surface area contributed by atoms with Gasteiger partial charge >= 0.3 is 6.03 Å². The molecule has 5 amide bonds. The Kier molecular flexibility index (Phi) is 6.32. The fourth-order valence-electron chi connectivity index (χ4n) is 3.70. The number of furan rings is 1. The summed E-state index contributed by atoms with van der Waals surface area (Å²) < 4.78 is 33.1. The number of anilines is 1. The fourth-order valence-corrected chi connectivity index (χ4v) is 3.70. The van der Waals surface area contributed by atoms with Crippen LogP contribution < -0.4 is 16.0 Å². The lowest BCUT2D eigenvalue weighted by Gasteiger charge is -2.22. The molecule has 2 heterocycles. The first-order valence-electron chi connectivity index (χ1n) is 10.5. The maximum Gasteiger partial charge on any atom is 0.325 e. The van der Waals surface area contributed by atoms with E-state index in [0.717, 1.165) is 18.2 Å². The first kappa shape index (κ1) is 23.6. The number of nitrogens with one attached hydrogen (secondary N) is 3. The van der Waals surface area contributed by atoms with E-state index in [4.69, 9.17) is 4.42 Å². The van der Waals surface area contributed by atoms with Crippen molar-refractivity contribution in [3.8, 4) is 0 Å². The summed E-state index contributed by atoms with van der Waals surface area (Å²) in [5.41, 5.74) is -1.96. The maximum atomic E-state index is 14.3. The molecule has 3 aromatic rings. The van der Waals surface area contributed by atoms with Crippen molar-refractivity contribution in [2.75, 3.05) is 11.9 Å². The standard InChI is InChI=1S/C24H20F2N4O5/c1-24(17-11-14(25)8-9-18(17)26)22(33)30(23(34)29-24)13-20(31)28-19-7-3-2-6-16(19)21(32)27-12-15-5-4-10-35-15/h2-11H,12-13H2,1H3,(H,27,32)(H,28,31)(H,29,34)/t24-/m1/s1. The zero-order chi connectivity index (χ0) is 25.2. The highest BCUT2D eigenvalue weighted by Gasteiger charge is 2.50. The zero-order valence-corrected chi connectivity index (χ0v) is 18.4. The van der Waals surface area contributed by atoms with Crippen LogP contribution in [0.1, 0.15) is 28.6 Å². The highest BCUT2D eigenvalue weighted by molar-refractivity contribution is 6.11. The number of para-hydroxylation sites is 1. The van der Waals surface area contributed by atoms with Crippen molar-refractivity contribution >= 4 is 29.4 Å². The van der Waals surface area contributed by atoms with Crippen LogP contribution in [0.3, 0.4) is 0 Å². The Labute approximate surface area is 198 Å². The third kappa shape index (κ3) is 4.74. The van der Waals surface area contributed by atoms with Gasteiger partial charge in [-0.3, -0.25) is 19.3 Å². The number of halogens is 2. The summed E-state index contributed by atoms with van der Waals surface area (Å²) in [5, 5.41) is 7.49. The van der Waals surface area contributed by atoms with Crippen molar-refractivity contribution < 1.29 is 32.4 Å². The van der Waals surface area contributed by atoms with Crippen LogP contribution in [0.2, 0.25) is 0 Å². The van der Waals surface area contributed by atoms with Crippen LogP contribution in [0.5, 0.6) is 0 Å². The normalized spacial score (nSPS) is 17.3. The molecule has 0 aliphatic carbocycles. The smallest absolute Gasteiger partial charge is 0.325 e. The van der Waals surface area contributed by atoms with Gasteiger partial charge in [-0.05, 0) is 49.4 Å². The predicted molar refractivity (Wildman–Crippen MR) is 119 cm³/mol. The molecule has 1 aliphatic rings. The predicted octanol–water partition coefficient (Wildman–Crippen LogP) is 2.89. The van der Waals surface area contributed by atoms with Gasteiger partial charge in [-0.15, -0.1) is 0 Å². The zero-order valence-electron chi connectivity index (χ0n) is 18.4. The van der Waals surface area contributed by atoms with Gasteiger partial charge < -0.3 is 20.4 Å². The van der Waals surface area contributed by atoms with Crippen LogP contribution in [0.4, 0.5) is 19.3 Å². The summed E-state index contributed by atoms with van der Waals surface area (Å²) in [4.78, 5) is 51.3. The van der Waals surface area contributed by atoms with Gasteiger partial charge in [0.1, 0.15) is 29.5 Å². The van der Waals surface area contributed by atoms with Crippen LogP contribution in [0, 0.1) is 11.6 Å². The SMILES string of the molecule is C[C@]1(c2cc(F)ccc2F)NC(=O)N(CC(=O)Nc2ccccc2C(=O)NCc2ccco2)C1=O. The fraction of sp³-hybridized carbons (Fsp3) is 0.167. The average Bonchev–Trinajstić information content (AvgIpc) is 3.42. The number of carbonyl (C=O) groups excluding carboxylic acids is 4. The monoisotopic (exact) mass is 482 g/mol. The van der Waals surface area contributed by atoms with Gasteiger partial charge in [0.05, 0.1) is 24.1 Å². The van der Waals surface area contributed by atoms with E-state index < -0.39 is 47.5 Å². The quantitative estimate of drug-likeness (QED) is 0.447. The molecule has 1 aliphatic heterocycles. The lowest BCUT2D eigenvalue weighted by Crippen LogP contribution is -2.43. The van der Waals surface area contributed by atoms with Crippen molar-refractivity contribution in [1.29, 1.82) is 0 Å². The third-order valence-electron chi connectivity index (χ3n) is 5.49. The van der Waals surface area contributed by atoms with E-state index >= 15 is 0 Å². The number of benzene rings is 2. The Morgan fingerprint density at radius 3 is 2.60 bits per heavy atom. The average molecular weight is 482 g/mol. The Morgan fingerprint density at radius 1 is 1.09 bits per heavy atom. The highest BCUT2D eigenvalue weighted by Crippen LogP contribution is 2.31. The van der Waals surface area contributed by atoms with Crippen molar-refractivity contribution in [3.63, 3.8) is 0 Å². The minimum absolute atomic E-state index is 0.131. The second kappa shape index (κ2) is 9.37. The van der Waals surface area contributed by atoms with E-state index in [1.54, 1.807) is 24.3 Å². The molecule has 0 radical (unpaired) electrons. The molecule has 9 nitrogen and oxygen atoms in total. The van der Waals surface area contributed by atoms with Gasteiger partial charge in [0.2, 0.25) is 5.91 Å². The van der Waals surface area contributed by atoms with E-state index in [2.05, 4.69) is 16.0 Å². The van der Waals surface area contributed by atoms with Crippen LogP contribution >= 0.6 is 0 Å². The van der Waals surface area contributed by atoms with Crippen molar-refractivity contribution in [1.82, 2.24) is 15.5 Å². The van der Waals surface area contributed by atoms with E-state index in [0.29, 0.717) is 10.7 Å². The second-order valence-electron chi connectivity index (χ2n) is 7.93. The minimum atomic E-state index is -1.90. The molecule has 1 atom stereocenters. The summed E-state index contributed by atoms with van der Waals surface area (Å²) in [6.07, 6.45) is 1.47. The van der Waals surface area contributed by atoms with E-state index in [1.165, 1.54) is 25.3 Å². The first-order chi connectivity index (χ1) is 16.7. The van der Waals surface area contributed by atoms with Crippen LogP contribution in [-0.2, 0) is 21.7 Å². The maximum absolute atomic E-state index is 14.3. The largest absolute Gasteiger partial charge is 0.467 e. The molecule has 2 aromatic carbocycles. The molecule has 1 saturated heterocycles. The summed E-state index contributed by atoms with van der Waals surface area (Å²) in [6.45, 7) is 0.646. The van der Waals surface area contributed by atoms with Gasteiger partial charge in [-0.25, -0.2) is 13.6 Å². The Hall–Kier alpha value is -4.54. The molecule has 1 fully saturated rings. The molecule has 180 valence electrons. The van der Waals surface area contributed by atoms with E-state index in [-0.39, 0.29) is 23.4 Å². The Bertz CT molecular complexity index is 1310. The molecular weight excluding hydrogens is 462 g/mol. The van der Waals surface area contributed by atoms with E-state index in [1.807, 2.05) is 0 Å². The molecule has 11 heteroatoms. The Morgan fingerprint density at radius 2 is 1.86 bits per heavy atom. The summed E-state index contributed by atoms with van der Waals surface area (Å²) in [5.74, 6) is -3.32. The molecule has 0 bridgehead atoms. The van der Waals surface area contributed by atoms with Crippen molar-refractivity contribution in [3.05, 3.63) is 89.4 Å². The minimum Gasteiger partial charge on any atom is -0.467 e. The van der Waals surface area contributed by atoms with Crippen molar-refractivity contribution in [2.24, 2.45) is 0 Å². The number of nitrogens with zero attached hydrogens (tertiary/aromatic N) is 1. The van der Waals surface area contributed by atoms with Crippen LogP contribution in [0.15, 0.2) is 65.3 Å². The molecule has 4 rings (SSSR count). The van der Waals surface area contributed by atoms with Gasteiger partial charge in [-0.1, -0.05) is 12.1 Å². The van der Waals surface area contributed by atoms with Gasteiger partial charge in [0, 0.05) is 5.56 Å². The second-order valence-corrected chi connectivity index (χ2v) is 7.93. The summed E-state index contributed by atoms with van der Waals surface area (Å²) in [7, 11) is 0. The number of imide groups is 1. The lowest BCUT2D eigenvalue weighted by atomic mass is 9.91. The third-order valence-corrected chi connectivity index (χ3v) is 5.49. The number of urea groups is 1. The van der Waals surface area contributed by atoms with Crippen LogP contribution in [0.25, 0.3) is 0 Å². The van der Waals surface area contributed by atoms with Gasteiger partial charge in [0.15, 0.2) is 0 Å². The number of amides is 5. The molecule has 0 unspecified atom stereocenters. The number of hydrogen-bond acceptors (Lipinski definition) is 5. The lowest BCUT2D eigenvalue weighted by molar-refractivity contribution is -0.133. The summed E-state index contributed by atoms with van der Waals surface area (Å²) in [6, 6.07) is 11.1. The van der Waals surface area contributed by atoms with Gasteiger partial charge in [0.25, 0.3) is 11.8 Å². The summed E-state index contributed by atoms with van der Waals surface area (Å²) >= 11 is 0. The Balaban J connectivity index is 1.46. The molecule has 1 aromatic heterocycles. The topological polar surface area (TPSA) is 121 Å². The van der Waals surface area contributed by atoms with Crippen LogP contribution in [-0.4, -0.2) is 35.2 Å². The molecule has 0 spiro atoms. The van der Waals surface area contributed by atoms with Gasteiger partial charge in [-0.2, -0.15) is 0 Å². The van der Waals surface area contributed by atoms with E-state index in [9.17, 15) is 28.0 Å². The van der Waals surface area contributed by atoms with Crippen molar-refractivity contribution in [2.45, 2.75) is 19.0 Å². The first-order valence-corrected chi connectivity index (χ1v) is 10.5. The molecular formula is C24H20F2N4O5. The molecule has 35 heavy (non-hydrogen) atoms. The number of rotatable bonds is 7. The number of carbonyl (C=O) groups is 4. The molecule has 0 saturated carbocycles. The molecule has 3 N–H and O–H groups in total. The highest BCUT2D eigenvalue weighted by atomic mass is 19.1.